The van der Waals surface area contributed by atoms with Crippen molar-refractivity contribution >= 4 is 5.91 Å². The van der Waals surface area contributed by atoms with Crippen LogP contribution in [0.5, 0.6) is 0 Å². The minimum atomic E-state index is -1.57. The summed E-state index contributed by atoms with van der Waals surface area (Å²) < 4.78 is 11.3. The zero-order valence-corrected chi connectivity index (χ0v) is 44.4. The van der Waals surface area contributed by atoms with Gasteiger partial charge in [-0.25, -0.2) is 0 Å². The molecule has 1 saturated heterocycles. The van der Waals surface area contributed by atoms with Crippen LogP contribution in [0.2, 0.25) is 0 Å². The first-order valence-corrected chi connectivity index (χ1v) is 29.2. The van der Waals surface area contributed by atoms with Crippen molar-refractivity contribution in [1.82, 2.24) is 5.32 Å². The molecule has 7 unspecified atom stereocenters. The molecule has 1 amide bonds. The molecule has 0 aromatic heterocycles. The van der Waals surface area contributed by atoms with Crippen molar-refractivity contribution in [3.8, 4) is 0 Å². The topological polar surface area (TPSA) is 149 Å². The second-order valence-electron chi connectivity index (χ2n) is 20.4. The molecule has 0 aliphatic carbocycles. The van der Waals surface area contributed by atoms with Gasteiger partial charge in [-0.2, -0.15) is 0 Å². The van der Waals surface area contributed by atoms with Crippen LogP contribution in [0.15, 0.2) is 36.5 Å². The molecule has 1 heterocycles. The molecule has 1 fully saturated rings. The Morgan fingerprint density at radius 1 is 0.485 bits per heavy atom. The summed E-state index contributed by atoms with van der Waals surface area (Å²) in [5, 5.41) is 54.5. The van der Waals surface area contributed by atoms with E-state index in [4.69, 9.17) is 9.47 Å². The van der Waals surface area contributed by atoms with Crippen molar-refractivity contribution in [2.75, 3.05) is 13.2 Å². The number of carbonyl (C=O) groups is 1. The highest BCUT2D eigenvalue weighted by atomic mass is 16.7. The fraction of sp³-hybridized carbons (Fsp3) is 0.881. The molecular weight excluding hydrogens is 851 g/mol. The van der Waals surface area contributed by atoms with Gasteiger partial charge in [-0.3, -0.25) is 4.79 Å². The molecule has 7 atom stereocenters. The number of nitrogens with one attached hydrogen (secondary N) is 1. The van der Waals surface area contributed by atoms with E-state index in [1.807, 2.05) is 6.08 Å². The lowest BCUT2D eigenvalue weighted by molar-refractivity contribution is -0.302. The van der Waals surface area contributed by atoms with E-state index in [0.29, 0.717) is 6.42 Å². The predicted octanol–water partition coefficient (Wildman–Crippen LogP) is 14.4. The molecule has 1 rings (SSSR count). The van der Waals surface area contributed by atoms with Crippen molar-refractivity contribution < 1.29 is 39.8 Å². The number of ether oxygens (including phenoxy) is 2. The molecule has 0 bridgehead atoms. The third-order valence-electron chi connectivity index (χ3n) is 13.9. The second kappa shape index (κ2) is 49.0. The molecule has 0 saturated carbocycles. The van der Waals surface area contributed by atoms with Gasteiger partial charge in [0.05, 0.1) is 25.4 Å². The third kappa shape index (κ3) is 38.1. The zero-order valence-electron chi connectivity index (χ0n) is 44.4. The van der Waals surface area contributed by atoms with Crippen LogP contribution >= 0.6 is 0 Å². The molecule has 9 heteroatoms. The number of aliphatic hydroxyl groups excluding tert-OH is 5. The second-order valence-corrected chi connectivity index (χ2v) is 20.4. The number of aliphatic hydroxyl groups is 5. The average Bonchev–Trinajstić information content (AvgIpc) is 3.34. The lowest BCUT2D eigenvalue weighted by Crippen LogP contribution is -2.60. The summed E-state index contributed by atoms with van der Waals surface area (Å²) in [5.41, 5.74) is 0. The lowest BCUT2D eigenvalue weighted by atomic mass is 9.99. The van der Waals surface area contributed by atoms with Gasteiger partial charge in [-0.1, -0.05) is 262 Å². The normalized spacial score (nSPS) is 19.8. The van der Waals surface area contributed by atoms with E-state index in [1.165, 1.54) is 212 Å². The summed E-state index contributed by atoms with van der Waals surface area (Å²) in [5.74, 6) is -0.186. The Kier molecular flexibility index (Phi) is 46.4. The van der Waals surface area contributed by atoms with Gasteiger partial charge in [-0.05, 0) is 44.9 Å². The van der Waals surface area contributed by atoms with Crippen LogP contribution in [0, 0.1) is 0 Å². The fourth-order valence-electron chi connectivity index (χ4n) is 9.31. The Balaban J connectivity index is 2.26. The van der Waals surface area contributed by atoms with E-state index in [2.05, 4.69) is 43.5 Å². The Labute approximate surface area is 419 Å². The number of amides is 1. The van der Waals surface area contributed by atoms with Crippen LogP contribution in [0.25, 0.3) is 0 Å². The highest BCUT2D eigenvalue weighted by Crippen LogP contribution is 2.23. The van der Waals surface area contributed by atoms with Crippen LogP contribution < -0.4 is 5.32 Å². The monoisotopic (exact) mass is 962 g/mol. The Hall–Kier alpha value is -1.59. The van der Waals surface area contributed by atoms with Crippen molar-refractivity contribution in [3.05, 3.63) is 36.5 Å². The largest absolute Gasteiger partial charge is 0.394 e. The van der Waals surface area contributed by atoms with Gasteiger partial charge in [0.2, 0.25) is 5.91 Å². The van der Waals surface area contributed by atoms with Crippen LogP contribution in [0.1, 0.15) is 277 Å². The van der Waals surface area contributed by atoms with Gasteiger partial charge in [0.15, 0.2) is 6.29 Å². The molecule has 0 spiro atoms. The smallest absolute Gasteiger partial charge is 0.220 e. The van der Waals surface area contributed by atoms with Gasteiger partial charge < -0.3 is 40.3 Å². The Morgan fingerprint density at radius 3 is 1.24 bits per heavy atom. The fourth-order valence-corrected chi connectivity index (χ4v) is 9.31. The van der Waals surface area contributed by atoms with E-state index < -0.39 is 49.5 Å². The highest BCUT2D eigenvalue weighted by molar-refractivity contribution is 5.76. The highest BCUT2D eigenvalue weighted by Gasteiger charge is 2.44. The zero-order chi connectivity index (χ0) is 49.4. The SMILES string of the molecule is CCCCCCCCCCCCCCCC/C=C/CC/C=C/CC/C=C/C(O)C(COC1OC(CO)C(O)C(O)C1O)NC(=O)CCCCCCCCCCCCCCCCCCCCCCC. The van der Waals surface area contributed by atoms with Crippen LogP contribution in [0.4, 0.5) is 0 Å². The van der Waals surface area contributed by atoms with Gasteiger partial charge in [0, 0.05) is 6.42 Å². The quantitative estimate of drug-likeness (QED) is 0.0261. The number of carbonyl (C=O) groups excluding carboxylic acids is 1. The first-order chi connectivity index (χ1) is 33.3. The standard InChI is InChI=1S/C59H111NO8/c1-3-5-7-9-11-13-15-17-19-21-23-25-26-27-29-30-32-34-36-38-40-42-44-46-48-53(62)52(51-67-59-58(66)57(65)56(64)54(50-61)68-59)60-55(63)49-47-45-43-41-39-37-35-33-31-28-24-22-20-18-16-14-12-10-8-6-4-2/h30,32,38,40,46,48,52-54,56-59,61-62,64-66H,3-29,31,33-37,39,41-45,47,49-51H2,1-2H3,(H,60,63)/b32-30+,40-38+,48-46+. The average molecular weight is 963 g/mol. The maximum Gasteiger partial charge on any atom is 0.220 e. The molecular formula is C59H111NO8. The number of rotatable bonds is 50. The van der Waals surface area contributed by atoms with E-state index in [1.54, 1.807) is 6.08 Å². The molecule has 0 aromatic rings. The van der Waals surface area contributed by atoms with E-state index >= 15 is 0 Å². The summed E-state index contributed by atoms with van der Waals surface area (Å²) in [7, 11) is 0. The van der Waals surface area contributed by atoms with Crippen molar-refractivity contribution in [2.24, 2.45) is 0 Å². The molecule has 1 aliphatic heterocycles. The summed E-state index contributed by atoms with van der Waals surface area (Å²) >= 11 is 0. The summed E-state index contributed by atoms with van der Waals surface area (Å²) in [4.78, 5) is 13.0. The first-order valence-electron chi connectivity index (χ1n) is 29.2. The van der Waals surface area contributed by atoms with E-state index in [0.717, 1.165) is 44.9 Å². The molecule has 1 aliphatic rings. The Morgan fingerprint density at radius 2 is 0.838 bits per heavy atom. The number of allylic oxidation sites excluding steroid dienone is 5. The molecule has 6 N–H and O–H groups in total. The van der Waals surface area contributed by atoms with Crippen LogP contribution in [0.3, 0.4) is 0 Å². The number of unbranched alkanes of at least 4 members (excludes halogenated alkanes) is 36. The number of hydrogen-bond acceptors (Lipinski definition) is 8. The molecule has 68 heavy (non-hydrogen) atoms. The van der Waals surface area contributed by atoms with E-state index in [9.17, 15) is 30.3 Å². The number of hydrogen-bond donors (Lipinski definition) is 6. The first kappa shape index (κ1) is 64.4. The molecule has 9 nitrogen and oxygen atoms in total. The van der Waals surface area contributed by atoms with Crippen LogP contribution in [-0.4, -0.2) is 87.5 Å². The van der Waals surface area contributed by atoms with Gasteiger partial charge >= 0.3 is 0 Å². The van der Waals surface area contributed by atoms with Gasteiger partial charge in [0.25, 0.3) is 0 Å². The van der Waals surface area contributed by atoms with Crippen molar-refractivity contribution in [1.29, 1.82) is 0 Å². The summed E-state index contributed by atoms with van der Waals surface area (Å²) in [6.45, 7) is 3.79. The van der Waals surface area contributed by atoms with Crippen molar-refractivity contribution in [2.45, 2.75) is 320 Å². The summed E-state index contributed by atoms with van der Waals surface area (Å²) in [6, 6.07) is -0.826. The minimum absolute atomic E-state index is 0.186. The summed E-state index contributed by atoms with van der Waals surface area (Å²) in [6.07, 6.45) is 56.4. The predicted molar refractivity (Wildman–Crippen MR) is 286 cm³/mol. The maximum absolute atomic E-state index is 13.0. The molecule has 0 radical (unpaired) electrons. The minimum Gasteiger partial charge on any atom is -0.394 e. The van der Waals surface area contributed by atoms with E-state index in [-0.39, 0.29) is 12.5 Å². The maximum atomic E-state index is 13.0. The van der Waals surface area contributed by atoms with Crippen molar-refractivity contribution in [3.63, 3.8) is 0 Å². The van der Waals surface area contributed by atoms with Gasteiger partial charge in [0.1, 0.15) is 24.4 Å². The molecule has 400 valence electrons. The van der Waals surface area contributed by atoms with Gasteiger partial charge in [-0.15, -0.1) is 0 Å². The van der Waals surface area contributed by atoms with Crippen LogP contribution in [-0.2, 0) is 14.3 Å². The lowest BCUT2D eigenvalue weighted by Gasteiger charge is -2.40. The molecule has 0 aromatic carbocycles. The Bertz CT molecular complexity index is 1160. The third-order valence-corrected chi connectivity index (χ3v) is 13.9.